The van der Waals surface area contributed by atoms with Crippen LogP contribution in [0.25, 0.3) is 0 Å². The van der Waals surface area contributed by atoms with E-state index in [0.29, 0.717) is 35.4 Å². The summed E-state index contributed by atoms with van der Waals surface area (Å²) in [5.41, 5.74) is 0.306. The Morgan fingerprint density at radius 2 is 2.00 bits per heavy atom. The molecule has 140 valence electrons. The first-order valence-electron chi connectivity index (χ1n) is 8.99. The van der Waals surface area contributed by atoms with Crippen LogP contribution in [0, 0.1) is 17.3 Å². The molecule has 2 heterocycles. The normalized spacial score (nSPS) is 32.3. The molecule has 5 nitrogen and oxygen atoms in total. The molecular formula is C17H32IN3O2S. The molecule has 0 aromatic heterocycles. The number of rotatable bonds is 3. The number of nitrogens with zero attached hydrogens (tertiary/aromatic N) is 2. The number of halogens is 1. The highest BCUT2D eigenvalue weighted by Gasteiger charge is 2.34. The van der Waals surface area contributed by atoms with Crippen LogP contribution in [0.3, 0.4) is 0 Å². The first kappa shape index (κ1) is 20.3. The van der Waals surface area contributed by atoms with Crippen molar-refractivity contribution in [1.29, 1.82) is 0 Å². The van der Waals surface area contributed by atoms with Crippen LogP contribution in [0.4, 0.5) is 0 Å². The van der Waals surface area contributed by atoms with E-state index in [1.54, 1.807) is 0 Å². The van der Waals surface area contributed by atoms with Gasteiger partial charge < -0.3 is 10.2 Å². The van der Waals surface area contributed by atoms with E-state index in [1.807, 2.05) is 0 Å². The SMILES string of the molecule is CC1CN(C(=NCC2CCS(=O)(=O)C2)NC2CC2)CC(C)(C)C1.I. The second-order valence-electron chi connectivity index (χ2n) is 8.71. The van der Waals surface area contributed by atoms with Gasteiger partial charge in [-0.3, -0.25) is 4.99 Å². The Balaban J connectivity index is 0.00000208. The topological polar surface area (TPSA) is 61.8 Å². The van der Waals surface area contributed by atoms with E-state index >= 15 is 0 Å². The maximum Gasteiger partial charge on any atom is 0.194 e. The van der Waals surface area contributed by atoms with Crippen molar-refractivity contribution >= 4 is 39.8 Å². The van der Waals surface area contributed by atoms with E-state index in [1.165, 1.54) is 19.3 Å². The van der Waals surface area contributed by atoms with Crippen LogP contribution in [0.15, 0.2) is 4.99 Å². The lowest BCUT2D eigenvalue weighted by Gasteiger charge is -2.43. The van der Waals surface area contributed by atoms with Crippen LogP contribution in [0.5, 0.6) is 0 Å². The minimum absolute atomic E-state index is 0. The number of hydrogen-bond acceptors (Lipinski definition) is 3. The molecule has 2 atom stereocenters. The smallest absolute Gasteiger partial charge is 0.194 e. The maximum atomic E-state index is 11.6. The van der Waals surface area contributed by atoms with Gasteiger partial charge in [0.1, 0.15) is 0 Å². The highest BCUT2D eigenvalue weighted by molar-refractivity contribution is 14.0. The molecule has 3 rings (SSSR count). The molecule has 0 radical (unpaired) electrons. The van der Waals surface area contributed by atoms with Crippen molar-refractivity contribution in [3.63, 3.8) is 0 Å². The standard InChI is InChI=1S/C17H31N3O2S.HI/c1-13-8-17(2,3)12-20(10-13)16(19-15-4-5-15)18-9-14-6-7-23(21,22)11-14;/h13-15H,4-12H2,1-3H3,(H,18,19);1H. The Morgan fingerprint density at radius 3 is 2.54 bits per heavy atom. The van der Waals surface area contributed by atoms with Gasteiger partial charge in [0.05, 0.1) is 11.5 Å². The third-order valence-corrected chi connectivity index (χ3v) is 6.93. The lowest BCUT2D eigenvalue weighted by atomic mass is 9.79. The highest BCUT2D eigenvalue weighted by Crippen LogP contribution is 2.32. The van der Waals surface area contributed by atoms with Crippen LogP contribution >= 0.6 is 24.0 Å². The molecule has 0 spiro atoms. The number of likely N-dealkylation sites (tertiary alicyclic amines) is 1. The van der Waals surface area contributed by atoms with E-state index in [2.05, 4.69) is 31.0 Å². The van der Waals surface area contributed by atoms with Crippen LogP contribution in [0.1, 0.15) is 46.5 Å². The summed E-state index contributed by atoms with van der Waals surface area (Å²) in [4.78, 5) is 7.24. The number of sulfone groups is 1. The van der Waals surface area contributed by atoms with E-state index in [4.69, 9.17) is 4.99 Å². The summed E-state index contributed by atoms with van der Waals surface area (Å²) in [7, 11) is -2.81. The molecule has 1 saturated carbocycles. The van der Waals surface area contributed by atoms with Gasteiger partial charge in [0.2, 0.25) is 0 Å². The molecule has 1 aliphatic carbocycles. The molecule has 24 heavy (non-hydrogen) atoms. The largest absolute Gasteiger partial charge is 0.354 e. The fourth-order valence-corrected chi connectivity index (χ4v) is 5.92. The fourth-order valence-electron chi connectivity index (χ4n) is 4.07. The average molecular weight is 469 g/mol. The van der Waals surface area contributed by atoms with Gasteiger partial charge >= 0.3 is 0 Å². The number of piperidine rings is 1. The second kappa shape index (κ2) is 7.68. The van der Waals surface area contributed by atoms with Gasteiger partial charge in [-0.2, -0.15) is 0 Å². The number of guanidine groups is 1. The maximum absolute atomic E-state index is 11.6. The van der Waals surface area contributed by atoms with Gasteiger partial charge in [0.25, 0.3) is 0 Å². The summed E-state index contributed by atoms with van der Waals surface area (Å²) in [6, 6.07) is 0.571. The number of hydrogen-bond donors (Lipinski definition) is 1. The minimum Gasteiger partial charge on any atom is -0.354 e. The van der Waals surface area contributed by atoms with Crippen molar-refractivity contribution in [2.75, 3.05) is 31.1 Å². The third kappa shape index (κ3) is 5.75. The first-order chi connectivity index (χ1) is 10.7. The Morgan fingerprint density at radius 1 is 1.29 bits per heavy atom. The zero-order valence-electron chi connectivity index (χ0n) is 15.1. The molecule has 2 unspecified atom stereocenters. The monoisotopic (exact) mass is 469 g/mol. The van der Waals surface area contributed by atoms with Crippen LogP contribution in [-0.4, -0.2) is 56.5 Å². The van der Waals surface area contributed by atoms with Crippen LogP contribution in [-0.2, 0) is 9.84 Å². The molecule has 0 bridgehead atoms. The molecule has 1 N–H and O–H groups in total. The molecule has 3 aliphatic rings. The Bertz CT molecular complexity index is 572. The van der Waals surface area contributed by atoms with E-state index in [9.17, 15) is 8.42 Å². The summed E-state index contributed by atoms with van der Waals surface area (Å²) in [6.07, 6.45) is 4.47. The van der Waals surface area contributed by atoms with Gasteiger partial charge in [-0.15, -0.1) is 24.0 Å². The zero-order chi connectivity index (χ0) is 16.7. The third-order valence-electron chi connectivity index (χ3n) is 5.09. The Labute approximate surface area is 164 Å². The van der Waals surface area contributed by atoms with Crippen molar-refractivity contribution in [3.05, 3.63) is 0 Å². The predicted molar refractivity (Wildman–Crippen MR) is 110 cm³/mol. The number of nitrogens with one attached hydrogen (secondary N) is 1. The molecule has 2 saturated heterocycles. The zero-order valence-corrected chi connectivity index (χ0v) is 18.3. The predicted octanol–water partition coefficient (Wildman–Crippen LogP) is 2.52. The number of aliphatic imine (C=N–C) groups is 1. The highest BCUT2D eigenvalue weighted by atomic mass is 127. The van der Waals surface area contributed by atoms with Crippen LogP contribution < -0.4 is 5.32 Å². The molecule has 0 aromatic rings. The molecule has 2 aliphatic heterocycles. The van der Waals surface area contributed by atoms with Crippen molar-refractivity contribution in [1.82, 2.24) is 10.2 Å². The second-order valence-corrected chi connectivity index (χ2v) is 10.9. The molecule has 3 fully saturated rings. The molecule has 7 heteroatoms. The first-order valence-corrected chi connectivity index (χ1v) is 10.8. The minimum atomic E-state index is -2.81. The van der Waals surface area contributed by atoms with Gasteiger partial charge in [-0.05, 0) is 42.9 Å². The van der Waals surface area contributed by atoms with Crippen molar-refractivity contribution in [3.8, 4) is 0 Å². The van der Waals surface area contributed by atoms with E-state index in [-0.39, 0.29) is 29.9 Å². The summed E-state index contributed by atoms with van der Waals surface area (Å²) in [5.74, 6) is 2.53. The Kier molecular flexibility index (Phi) is 6.48. The quantitative estimate of drug-likeness (QED) is 0.392. The van der Waals surface area contributed by atoms with Gasteiger partial charge in [0, 0.05) is 25.7 Å². The fraction of sp³-hybridized carbons (Fsp3) is 0.941. The van der Waals surface area contributed by atoms with Crippen LogP contribution in [0.2, 0.25) is 0 Å². The van der Waals surface area contributed by atoms with E-state index in [0.717, 1.165) is 25.5 Å². The van der Waals surface area contributed by atoms with Crippen molar-refractivity contribution in [2.45, 2.75) is 52.5 Å². The molecular weight excluding hydrogens is 437 g/mol. The Hall–Kier alpha value is -0.0500. The lowest BCUT2D eigenvalue weighted by Crippen LogP contribution is -2.52. The molecule has 0 amide bonds. The van der Waals surface area contributed by atoms with Crippen molar-refractivity contribution < 1.29 is 8.42 Å². The van der Waals surface area contributed by atoms with E-state index < -0.39 is 9.84 Å². The average Bonchev–Trinajstić information content (AvgIpc) is 3.15. The summed E-state index contributed by atoms with van der Waals surface area (Å²) >= 11 is 0. The van der Waals surface area contributed by atoms with Gasteiger partial charge in [-0.25, -0.2) is 8.42 Å². The molecule has 0 aromatic carbocycles. The lowest BCUT2D eigenvalue weighted by molar-refractivity contribution is 0.129. The van der Waals surface area contributed by atoms with Gasteiger partial charge in [0.15, 0.2) is 15.8 Å². The summed E-state index contributed by atoms with van der Waals surface area (Å²) in [5, 5.41) is 3.59. The summed E-state index contributed by atoms with van der Waals surface area (Å²) < 4.78 is 23.3. The van der Waals surface area contributed by atoms with Crippen molar-refractivity contribution in [2.24, 2.45) is 22.2 Å². The summed E-state index contributed by atoms with van der Waals surface area (Å²) in [6.45, 7) is 9.68. The van der Waals surface area contributed by atoms with Gasteiger partial charge in [-0.1, -0.05) is 20.8 Å².